The van der Waals surface area contributed by atoms with Gasteiger partial charge in [-0.15, -0.1) is 0 Å². The molecule has 0 spiro atoms. The molecule has 1 aliphatic heterocycles. The zero-order chi connectivity index (χ0) is 14.7. The second-order valence-electron chi connectivity index (χ2n) is 5.01. The molecule has 21 heavy (non-hydrogen) atoms. The maximum Gasteiger partial charge on any atom is 0.234 e. The van der Waals surface area contributed by atoms with E-state index in [0.717, 1.165) is 17.0 Å². The quantitative estimate of drug-likeness (QED) is 0.883. The van der Waals surface area contributed by atoms with Crippen molar-refractivity contribution in [2.24, 2.45) is 0 Å². The summed E-state index contributed by atoms with van der Waals surface area (Å²) in [5.74, 6) is -0.0756. The third-order valence-electron chi connectivity index (χ3n) is 3.58. The van der Waals surface area contributed by atoms with Crippen molar-refractivity contribution in [3.8, 4) is 0 Å². The number of amides is 1. The van der Waals surface area contributed by atoms with Gasteiger partial charge in [-0.3, -0.25) is 14.8 Å². The van der Waals surface area contributed by atoms with Gasteiger partial charge in [0.25, 0.3) is 0 Å². The van der Waals surface area contributed by atoms with Crippen LogP contribution in [0.15, 0.2) is 60.7 Å². The Morgan fingerprint density at radius 3 is 1.90 bits per heavy atom. The number of nitrogens with one attached hydrogen (secondary N) is 1. The van der Waals surface area contributed by atoms with Gasteiger partial charge in [-0.05, 0) is 30.7 Å². The maximum atomic E-state index is 13.8. The summed E-state index contributed by atoms with van der Waals surface area (Å²) in [5, 5.41) is 1.47. The van der Waals surface area contributed by atoms with Gasteiger partial charge in [0.05, 0.1) is 0 Å². The van der Waals surface area contributed by atoms with E-state index in [1.807, 2.05) is 60.7 Å². The lowest BCUT2D eigenvalue weighted by molar-refractivity contribution is -0.126. The number of carbonyl (C=O) groups excluding carboxylic acids is 1. The summed E-state index contributed by atoms with van der Waals surface area (Å²) in [6, 6.07) is 18.7. The van der Waals surface area contributed by atoms with Crippen LogP contribution in [-0.4, -0.2) is 17.2 Å². The van der Waals surface area contributed by atoms with Crippen LogP contribution in [0.25, 0.3) is 0 Å². The minimum absolute atomic E-state index is 0.0756. The minimum Gasteiger partial charge on any atom is -0.295 e. The number of hydrazine groups is 1. The zero-order valence-corrected chi connectivity index (χ0v) is 12.5. The number of nitrogens with zero attached hydrogens (tertiary/aromatic N) is 1. The molecule has 4 nitrogen and oxygen atoms in total. The fraction of sp³-hybridized carbons (Fsp3) is 0.188. The summed E-state index contributed by atoms with van der Waals surface area (Å²) in [5.41, 5.74) is 2.79. The molecule has 1 amide bonds. The van der Waals surface area contributed by atoms with Crippen LogP contribution in [0.2, 0.25) is 0 Å². The van der Waals surface area contributed by atoms with Gasteiger partial charge < -0.3 is 0 Å². The van der Waals surface area contributed by atoms with Crippen LogP contribution in [0.1, 0.15) is 12.8 Å². The molecule has 0 unspecified atom stereocenters. The number of carbonyl (C=O) groups is 1. The first kappa shape index (κ1) is 14.1. The molecule has 3 rings (SSSR count). The van der Waals surface area contributed by atoms with Gasteiger partial charge in [0, 0.05) is 23.6 Å². The Labute approximate surface area is 124 Å². The van der Waals surface area contributed by atoms with Gasteiger partial charge in [-0.1, -0.05) is 36.4 Å². The summed E-state index contributed by atoms with van der Waals surface area (Å²) in [6.45, 7) is 0.590. The SMILES string of the molecule is O=C1CCCN(P(=O)(c2ccccc2)c2ccccc2)N1. The highest BCUT2D eigenvalue weighted by atomic mass is 31.2. The molecule has 0 saturated carbocycles. The van der Waals surface area contributed by atoms with Crippen molar-refractivity contribution in [3.63, 3.8) is 0 Å². The maximum absolute atomic E-state index is 13.8. The Bertz CT molecular complexity index is 630. The molecule has 0 radical (unpaired) electrons. The first-order chi connectivity index (χ1) is 10.2. The van der Waals surface area contributed by atoms with Crippen molar-refractivity contribution in [2.45, 2.75) is 12.8 Å². The molecule has 108 valence electrons. The van der Waals surface area contributed by atoms with Crippen molar-refractivity contribution < 1.29 is 9.36 Å². The summed E-state index contributed by atoms with van der Waals surface area (Å²) in [6.07, 6.45) is 1.20. The summed E-state index contributed by atoms with van der Waals surface area (Å²) in [7, 11) is -3.04. The number of benzene rings is 2. The highest BCUT2D eigenvalue weighted by Gasteiger charge is 2.37. The highest BCUT2D eigenvalue weighted by Crippen LogP contribution is 2.46. The third-order valence-corrected chi connectivity index (χ3v) is 6.56. The standard InChI is InChI=1S/C16H17N2O2P/c19-16-12-7-13-18(17-16)21(20,14-8-3-1-4-9-14)15-10-5-2-6-11-15/h1-6,8-11H,7,12-13H2,(H,17,19). The molecule has 0 aromatic heterocycles. The Morgan fingerprint density at radius 1 is 0.905 bits per heavy atom. The molecule has 1 aliphatic rings. The molecule has 2 aromatic carbocycles. The molecule has 1 heterocycles. The van der Waals surface area contributed by atoms with E-state index in [-0.39, 0.29) is 5.91 Å². The number of hydrogen-bond donors (Lipinski definition) is 1. The smallest absolute Gasteiger partial charge is 0.234 e. The molecule has 2 aromatic rings. The van der Waals surface area contributed by atoms with Gasteiger partial charge >= 0.3 is 0 Å². The van der Waals surface area contributed by atoms with Gasteiger partial charge in [-0.25, -0.2) is 0 Å². The minimum atomic E-state index is -3.04. The molecule has 1 saturated heterocycles. The zero-order valence-electron chi connectivity index (χ0n) is 11.6. The van der Waals surface area contributed by atoms with Gasteiger partial charge in [-0.2, -0.15) is 4.78 Å². The summed E-state index contributed by atoms with van der Waals surface area (Å²) < 4.78 is 15.5. The van der Waals surface area contributed by atoms with E-state index in [1.165, 1.54) is 0 Å². The highest BCUT2D eigenvalue weighted by molar-refractivity contribution is 7.76. The van der Waals surface area contributed by atoms with Crippen molar-refractivity contribution in [3.05, 3.63) is 60.7 Å². The van der Waals surface area contributed by atoms with Gasteiger partial charge in [0.15, 0.2) is 0 Å². The Hall–Kier alpha value is -1.90. The van der Waals surface area contributed by atoms with Crippen LogP contribution in [0.4, 0.5) is 0 Å². The molecule has 0 atom stereocenters. The lowest BCUT2D eigenvalue weighted by Gasteiger charge is -2.34. The molecular weight excluding hydrogens is 283 g/mol. The number of hydrogen-bond acceptors (Lipinski definition) is 2. The van der Waals surface area contributed by atoms with Crippen LogP contribution in [0, 0.1) is 0 Å². The Morgan fingerprint density at radius 2 is 1.43 bits per heavy atom. The first-order valence-corrected chi connectivity index (χ1v) is 8.66. The molecule has 1 fully saturated rings. The molecule has 5 heteroatoms. The molecular formula is C16H17N2O2P. The predicted octanol–water partition coefficient (Wildman–Crippen LogP) is 2.04. The summed E-state index contributed by atoms with van der Waals surface area (Å²) in [4.78, 5) is 11.7. The lowest BCUT2D eigenvalue weighted by atomic mass is 10.3. The van der Waals surface area contributed by atoms with Crippen LogP contribution in [0.5, 0.6) is 0 Å². The first-order valence-electron chi connectivity index (χ1n) is 7.00. The Balaban J connectivity index is 2.11. The van der Waals surface area contributed by atoms with Crippen molar-refractivity contribution >= 4 is 23.8 Å². The predicted molar refractivity (Wildman–Crippen MR) is 83.8 cm³/mol. The molecule has 0 aliphatic carbocycles. The van der Waals surface area contributed by atoms with E-state index in [9.17, 15) is 9.36 Å². The van der Waals surface area contributed by atoms with Crippen molar-refractivity contribution in [1.29, 1.82) is 0 Å². The Kier molecular flexibility index (Phi) is 3.91. The van der Waals surface area contributed by atoms with E-state index >= 15 is 0 Å². The van der Waals surface area contributed by atoms with Crippen molar-refractivity contribution in [2.75, 3.05) is 6.54 Å². The van der Waals surface area contributed by atoms with Crippen LogP contribution in [0.3, 0.4) is 0 Å². The fourth-order valence-electron chi connectivity index (χ4n) is 2.54. The number of rotatable bonds is 3. The summed E-state index contributed by atoms with van der Waals surface area (Å²) >= 11 is 0. The molecule has 1 N–H and O–H groups in total. The third kappa shape index (κ3) is 2.65. The monoisotopic (exact) mass is 300 g/mol. The van der Waals surface area contributed by atoms with Crippen LogP contribution < -0.4 is 16.0 Å². The van der Waals surface area contributed by atoms with E-state index in [0.29, 0.717) is 13.0 Å². The normalized spacial score (nSPS) is 16.5. The van der Waals surface area contributed by atoms with E-state index < -0.39 is 7.29 Å². The van der Waals surface area contributed by atoms with Crippen molar-refractivity contribution in [1.82, 2.24) is 10.2 Å². The average Bonchev–Trinajstić information content (AvgIpc) is 2.56. The van der Waals surface area contributed by atoms with E-state index in [1.54, 1.807) is 4.78 Å². The van der Waals surface area contributed by atoms with Crippen LogP contribution >= 0.6 is 7.29 Å². The lowest BCUT2D eigenvalue weighted by Crippen LogP contribution is -2.48. The second kappa shape index (κ2) is 5.84. The van der Waals surface area contributed by atoms with Gasteiger partial charge in [0.1, 0.15) is 0 Å². The van der Waals surface area contributed by atoms with Crippen LogP contribution in [-0.2, 0) is 9.36 Å². The average molecular weight is 300 g/mol. The topological polar surface area (TPSA) is 49.4 Å². The fourth-order valence-corrected chi connectivity index (χ4v) is 5.23. The second-order valence-corrected chi connectivity index (χ2v) is 7.68. The van der Waals surface area contributed by atoms with E-state index in [2.05, 4.69) is 5.43 Å². The van der Waals surface area contributed by atoms with E-state index in [4.69, 9.17) is 0 Å². The van der Waals surface area contributed by atoms with Gasteiger partial charge in [0.2, 0.25) is 13.2 Å². The largest absolute Gasteiger partial charge is 0.295 e. The molecule has 0 bridgehead atoms.